The van der Waals surface area contributed by atoms with E-state index in [0.29, 0.717) is 11.5 Å². The summed E-state index contributed by atoms with van der Waals surface area (Å²) in [6.07, 6.45) is 2.21. The van der Waals surface area contributed by atoms with Crippen molar-refractivity contribution in [2.75, 3.05) is 7.11 Å². The van der Waals surface area contributed by atoms with Crippen molar-refractivity contribution in [2.45, 2.75) is 13.0 Å². The summed E-state index contributed by atoms with van der Waals surface area (Å²) in [5, 5.41) is 16.7. The van der Waals surface area contributed by atoms with Gasteiger partial charge in [0.1, 0.15) is 5.75 Å². The van der Waals surface area contributed by atoms with Crippen molar-refractivity contribution in [3.63, 3.8) is 0 Å². The lowest BCUT2D eigenvalue weighted by molar-refractivity contribution is -0.143. The van der Waals surface area contributed by atoms with Crippen LogP contribution in [0.15, 0.2) is 59.0 Å². The predicted molar refractivity (Wildman–Crippen MR) is 101 cm³/mol. The SMILES string of the molecule is COc1ccc(-c2nnc([C@@H](C)OC(=O)/C=C/c3ccc(C#N)cc3)o2)cc1. The van der Waals surface area contributed by atoms with Gasteiger partial charge in [-0.15, -0.1) is 10.2 Å². The van der Waals surface area contributed by atoms with Gasteiger partial charge < -0.3 is 13.9 Å². The zero-order chi connectivity index (χ0) is 19.9. The van der Waals surface area contributed by atoms with Gasteiger partial charge in [-0.05, 0) is 55.0 Å². The van der Waals surface area contributed by atoms with Crippen LogP contribution in [0.4, 0.5) is 0 Å². The molecule has 7 heteroatoms. The Labute approximate surface area is 161 Å². The summed E-state index contributed by atoms with van der Waals surface area (Å²) in [6.45, 7) is 1.65. The molecular weight excluding hydrogens is 358 g/mol. The zero-order valence-electron chi connectivity index (χ0n) is 15.3. The van der Waals surface area contributed by atoms with Gasteiger partial charge in [0.15, 0.2) is 6.10 Å². The Bertz CT molecular complexity index is 1020. The molecule has 0 aliphatic rings. The lowest BCUT2D eigenvalue weighted by atomic mass is 10.1. The van der Waals surface area contributed by atoms with Crippen LogP contribution in [0, 0.1) is 11.3 Å². The van der Waals surface area contributed by atoms with Crippen LogP contribution in [0.3, 0.4) is 0 Å². The number of nitriles is 1. The van der Waals surface area contributed by atoms with Gasteiger partial charge in [0, 0.05) is 11.6 Å². The first-order chi connectivity index (χ1) is 13.6. The number of benzene rings is 2. The summed E-state index contributed by atoms with van der Waals surface area (Å²) in [6, 6.07) is 16.0. The van der Waals surface area contributed by atoms with Crippen molar-refractivity contribution in [1.82, 2.24) is 10.2 Å². The Morgan fingerprint density at radius 3 is 2.50 bits per heavy atom. The number of hydrogen-bond donors (Lipinski definition) is 0. The fraction of sp³-hybridized carbons (Fsp3) is 0.143. The standard InChI is InChI=1S/C21H17N3O4/c1-14(27-19(25)12-7-15-3-5-16(13-22)6-4-15)20-23-24-21(28-20)17-8-10-18(26-2)11-9-17/h3-12,14H,1-2H3/b12-7+/t14-/m1/s1. The number of nitrogens with zero attached hydrogens (tertiary/aromatic N) is 3. The van der Waals surface area contributed by atoms with Gasteiger partial charge in [-0.25, -0.2) is 4.79 Å². The molecule has 0 saturated heterocycles. The third-order valence-corrected chi connectivity index (χ3v) is 3.87. The summed E-state index contributed by atoms with van der Waals surface area (Å²) in [4.78, 5) is 12.0. The van der Waals surface area contributed by atoms with Crippen molar-refractivity contribution in [1.29, 1.82) is 5.26 Å². The highest BCUT2D eigenvalue weighted by atomic mass is 16.6. The minimum atomic E-state index is -0.697. The highest BCUT2D eigenvalue weighted by molar-refractivity contribution is 5.87. The molecule has 28 heavy (non-hydrogen) atoms. The van der Waals surface area contributed by atoms with Crippen molar-refractivity contribution in [2.24, 2.45) is 0 Å². The van der Waals surface area contributed by atoms with Crippen LogP contribution in [-0.2, 0) is 9.53 Å². The van der Waals surface area contributed by atoms with E-state index in [0.717, 1.165) is 16.9 Å². The molecule has 0 amide bonds. The van der Waals surface area contributed by atoms with Crippen LogP contribution in [0.1, 0.15) is 30.0 Å². The van der Waals surface area contributed by atoms with Crippen LogP contribution < -0.4 is 4.74 Å². The molecule has 140 valence electrons. The van der Waals surface area contributed by atoms with E-state index in [-0.39, 0.29) is 5.89 Å². The molecule has 0 N–H and O–H groups in total. The quantitative estimate of drug-likeness (QED) is 0.475. The summed E-state index contributed by atoms with van der Waals surface area (Å²) < 4.78 is 16.0. The van der Waals surface area contributed by atoms with Gasteiger partial charge in [0.05, 0.1) is 18.7 Å². The summed E-state index contributed by atoms with van der Waals surface area (Å²) in [5.74, 6) is 0.709. The van der Waals surface area contributed by atoms with Gasteiger partial charge in [-0.1, -0.05) is 12.1 Å². The zero-order valence-corrected chi connectivity index (χ0v) is 15.3. The molecule has 1 heterocycles. The number of ether oxygens (including phenoxy) is 2. The Kier molecular flexibility index (Phi) is 5.82. The molecule has 3 aromatic rings. The van der Waals surface area contributed by atoms with Gasteiger partial charge in [-0.2, -0.15) is 5.26 Å². The van der Waals surface area contributed by atoms with E-state index in [9.17, 15) is 4.79 Å². The second-order valence-electron chi connectivity index (χ2n) is 5.82. The van der Waals surface area contributed by atoms with Gasteiger partial charge in [0.2, 0.25) is 5.89 Å². The van der Waals surface area contributed by atoms with E-state index in [4.69, 9.17) is 19.2 Å². The van der Waals surface area contributed by atoms with E-state index in [1.165, 1.54) is 6.08 Å². The minimum absolute atomic E-state index is 0.200. The highest BCUT2D eigenvalue weighted by Crippen LogP contribution is 2.24. The van der Waals surface area contributed by atoms with Crippen LogP contribution in [0.25, 0.3) is 17.5 Å². The summed E-state index contributed by atoms with van der Waals surface area (Å²) >= 11 is 0. The minimum Gasteiger partial charge on any atom is -0.497 e. The monoisotopic (exact) mass is 375 g/mol. The Morgan fingerprint density at radius 1 is 1.14 bits per heavy atom. The molecule has 2 aromatic carbocycles. The number of hydrogen-bond acceptors (Lipinski definition) is 7. The average Bonchev–Trinajstić information content (AvgIpc) is 3.23. The fourth-order valence-electron chi connectivity index (χ4n) is 2.35. The van der Waals surface area contributed by atoms with Crippen LogP contribution in [0.5, 0.6) is 5.75 Å². The van der Waals surface area contributed by atoms with E-state index in [2.05, 4.69) is 10.2 Å². The molecular formula is C21H17N3O4. The lowest BCUT2D eigenvalue weighted by Crippen LogP contribution is -2.06. The lowest BCUT2D eigenvalue weighted by Gasteiger charge is -2.06. The van der Waals surface area contributed by atoms with E-state index in [1.807, 2.05) is 6.07 Å². The second kappa shape index (κ2) is 8.64. The van der Waals surface area contributed by atoms with E-state index in [1.54, 1.807) is 68.6 Å². The smallest absolute Gasteiger partial charge is 0.331 e. The van der Waals surface area contributed by atoms with Gasteiger partial charge in [0.25, 0.3) is 5.89 Å². The number of aromatic nitrogens is 2. The third kappa shape index (κ3) is 4.62. The van der Waals surface area contributed by atoms with Crippen LogP contribution in [-0.4, -0.2) is 23.3 Å². The van der Waals surface area contributed by atoms with Crippen LogP contribution in [0.2, 0.25) is 0 Å². The molecule has 7 nitrogen and oxygen atoms in total. The van der Waals surface area contributed by atoms with Crippen molar-refractivity contribution >= 4 is 12.0 Å². The topological polar surface area (TPSA) is 98.2 Å². The van der Waals surface area contributed by atoms with Crippen molar-refractivity contribution in [3.8, 4) is 23.3 Å². The summed E-state index contributed by atoms with van der Waals surface area (Å²) in [5.41, 5.74) is 2.07. The summed E-state index contributed by atoms with van der Waals surface area (Å²) in [7, 11) is 1.59. The first-order valence-electron chi connectivity index (χ1n) is 8.45. The first-order valence-corrected chi connectivity index (χ1v) is 8.45. The number of esters is 1. The molecule has 0 aliphatic carbocycles. The molecule has 0 aliphatic heterocycles. The molecule has 0 spiro atoms. The fourth-order valence-corrected chi connectivity index (χ4v) is 2.35. The maximum absolute atomic E-state index is 12.0. The molecule has 3 rings (SSSR count). The number of carbonyl (C=O) groups excluding carboxylic acids is 1. The number of rotatable bonds is 6. The molecule has 0 bridgehead atoms. The van der Waals surface area contributed by atoms with E-state index < -0.39 is 12.1 Å². The predicted octanol–water partition coefficient (Wildman–Crippen LogP) is 3.93. The largest absolute Gasteiger partial charge is 0.497 e. The highest BCUT2D eigenvalue weighted by Gasteiger charge is 2.18. The normalized spacial score (nSPS) is 11.8. The maximum Gasteiger partial charge on any atom is 0.331 e. The number of carbonyl (C=O) groups is 1. The molecule has 0 unspecified atom stereocenters. The maximum atomic E-state index is 12.0. The Balaban J connectivity index is 1.61. The number of methoxy groups -OCH3 is 1. The average molecular weight is 375 g/mol. The van der Waals surface area contributed by atoms with Gasteiger partial charge >= 0.3 is 5.97 Å². The Morgan fingerprint density at radius 2 is 1.86 bits per heavy atom. The van der Waals surface area contributed by atoms with Gasteiger partial charge in [-0.3, -0.25) is 0 Å². The molecule has 0 saturated carbocycles. The van der Waals surface area contributed by atoms with Crippen LogP contribution >= 0.6 is 0 Å². The van der Waals surface area contributed by atoms with Crippen molar-refractivity contribution < 1.29 is 18.7 Å². The Hall–Kier alpha value is -3.92. The third-order valence-electron chi connectivity index (χ3n) is 3.87. The molecule has 0 fully saturated rings. The molecule has 0 radical (unpaired) electrons. The van der Waals surface area contributed by atoms with E-state index >= 15 is 0 Å². The molecule has 1 atom stereocenters. The molecule has 1 aromatic heterocycles. The first kappa shape index (κ1) is 18.9. The van der Waals surface area contributed by atoms with Crippen molar-refractivity contribution in [3.05, 3.63) is 71.6 Å². The second-order valence-corrected chi connectivity index (χ2v) is 5.82.